The Morgan fingerprint density at radius 3 is 2.24 bits per heavy atom. The average molecular weight is 433 g/mol. The molecule has 0 bridgehead atoms. The topological polar surface area (TPSA) is 66.9 Å². The Hall–Kier alpha value is -0.960. The molecule has 0 spiro atoms. The third-order valence-corrected chi connectivity index (χ3v) is 7.01. The second-order valence-electron chi connectivity index (χ2n) is 6.56. The fourth-order valence-corrected chi connectivity index (χ4v) is 5.33. The van der Waals surface area contributed by atoms with E-state index < -0.39 is 10.0 Å². The Bertz CT molecular complexity index is 720. The molecule has 25 heavy (non-hydrogen) atoms. The summed E-state index contributed by atoms with van der Waals surface area (Å²) in [6, 6.07) is 4.79. The number of hydrogen-bond donors (Lipinski definition) is 0. The molecule has 1 aliphatic heterocycles. The van der Waals surface area contributed by atoms with Crippen molar-refractivity contribution in [2.24, 2.45) is 0 Å². The van der Waals surface area contributed by atoms with Crippen LogP contribution in [0.2, 0.25) is 0 Å². The molecular weight excluding hydrogens is 408 g/mol. The molecule has 0 saturated carbocycles. The number of amides is 1. The van der Waals surface area contributed by atoms with E-state index >= 15 is 0 Å². The van der Waals surface area contributed by atoms with Crippen LogP contribution in [0.3, 0.4) is 0 Å². The lowest BCUT2D eigenvalue weighted by molar-refractivity contribution is 0.0643. The summed E-state index contributed by atoms with van der Waals surface area (Å²) in [6.07, 6.45) is 0. The van der Waals surface area contributed by atoms with E-state index in [1.54, 1.807) is 17.0 Å². The van der Waals surface area contributed by atoms with Gasteiger partial charge >= 0.3 is 0 Å². The van der Waals surface area contributed by atoms with Crippen LogP contribution in [-0.4, -0.2) is 61.9 Å². The van der Waals surface area contributed by atoms with Gasteiger partial charge in [0, 0.05) is 35.2 Å². The van der Waals surface area contributed by atoms with Crippen molar-refractivity contribution in [1.29, 1.82) is 0 Å². The molecule has 1 fully saturated rings. The van der Waals surface area contributed by atoms with Crippen LogP contribution >= 0.6 is 15.9 Å². The van der Waals surface area contributed by atoms with Crippen LogP contribution in [0.5, 0.6) is 0 Å². The lowest BCUT2D eigenvalue weighted by Gasteiger charge is -2.31. The van der Waals surface area contributed by atoms with Crippen molar-refractivity contribution in [3.63, 3.8) is 0 Å². The van der Waals surface area contributed by atoms with Crippen molar-refractivity contribution in [2.45, 2.75) is 44.7 Å². The summed E-state index contributed by atoms with van der Waals surface area (Å²) in [5.74, 6) is -0.170. The lowest BCUT2D eigenvalue weighted by Crippen LogP contribution is -2.42. The second-order valence-corrected chi connectivity index (χ2v) is 9.32. The summed E-state index contributed by atoms with van der Waals surface area (Å²) in [7, 11) is -3.68. The van der Waals surface area contributed by atoms with Gasteiger partial charge in [0.05, 0.1) is 18.1 Å². The molecule has 0 N–H and O–H groups in total. The number of halogens is 1. The van der Waals surface area contributed by atoms with Gasteiger partial charge in [-0.3, -0.25) is 4.79 Å². The van der Waals surface area contributed by atoms with Crippen molar-refractivity contribution < 1.29 is 17.9 Å². The normalized spacial score (nSPS) is 16.4. The SMILES string of the molecule is CC(C)N(C(=O)c1ccc(Br)c(S(=O)(=O)N2CCOCC2)c1)C(C)C. The molecule has 2 rings (SSSR count). The molecule has 6 nitrogen and oxygen atoms in total. The van der Waals surface area contributed by atoms with Gasteiger partial charge in [-0.05, 0) is 61.8 Å². The largest absolute Gasteiger partial charge is 0.379 e. The van der Waals surface area contributed by atoms with Crippen LogP contribution in [0, 0.1) is 0 Å². The summed E-state index contributed by atoms with van der Waals surface area (Å²) in [5.41, 5.74) is 0.373. The van der Waals surface area contributed by atoms with Crippen LogP contribution in [0.25, 0.3) is 0 Å². The Morgan fingerprint density at radius 1 is 1.16 bits per heavy atom. The van der Waals surface area contributed by atoms with Crippen LogP contribution in [0.4, 0.5) is 0 Å². The molecule has 8 heteroatoms. The second kappa shape index (κ2) is 8.16. The number of rotatable bonds is 5. The van der Waals surface area contributed by atoms with Crippen molar-refractivity contribution >= 4 is 31.9 Å². The molecule has 0 unspecified atom stereocenters. The number of carbonyl (C=O) groups excluding carboxylic acids is 1. The van der Waals surface area contributed by atoms with Gasteiger partial charge in [-0.2, -0.15) is 4.31 Å². The maximum atomic E-state index is 12.9. The highest BCUT2D eigenvalue weighted by molar-refractivity contribution is 9.10. The standard InChI is InChI=1S/C17H25BrN2O4S/c1-12(2)20(13(3)4)17(21)14-5-6-15(18)16(11-14)25(22,23)19-7-9-24-10-8-19/h5-6,11-13H,7-10H2,1-4H3. The van der Waals surface area contributed by atoms with Gasteiger partial charge in [0.25, 0.3) is 5.91 Å². The minimum absolute atomic E-state index is 0.0236. The zero-order valence-electron chi connectivity index (χ0n) is 15.0. The molecule has 0 radical (unpaired) electrons. The maximum absolute atomic E-state index is 12.9. The zero-order chi connectivity index (χ0) is 18.8. The van der Waals surface area contributed by atoms with E-state index in [4.69, 9.17) is 4.74 Å². The minimum Gasteiger partial charge on any atom is -0.379 e. The highest BCUT2D eigenvalue weighted by atomic mass is 79.9. The summed E-state index contributed by atoms with van der Waals surface area (Å²) >= 11 is 3.31. The number of carbonyl (C=O) groups is 1. The molecule has 1 aromatic carbocycles. The van der Waals surface area contributed by atoms with Gasteiger partial charge in [0.15, 0.2) is 0 Å². The van der Waals surface area contributed by atoms with Gasteiger partial charge in [0.2, 0.25) is 10.0 Å². The van der Waals surface area contributed by atoms with Crippen LogP contribution in [0.1, 0.15) is 38.1 Å². The summed E-state index contributed by atoms with van der Waals surface area (Å²) in [5, 5.41) is 0. The lowest BCUT2D eigenvalue weighted by atomic mass is 10.1. The zero-order valence-corrected chi connectivity index (χ0v) is 17.4. The van der Waals surface area contributed by atoms with Gasteiger partial charge in [-0.15, -0.1) is 0 Å². The van der Waals surface area contributed by atoms with E-state index in [1.807, 2.05) is 27.7 Å². The Kier molecular flexibility index (Phi) is 6.64. The fraction of sp³-hybridized carbons (Fsp3) is 0.588. The first-order chi connectivity index (χ1) is 11.7. The highest BCUT2D eigenvalue weighted by Gasteiger charge is 2.30. The Morgan fingerprint density at radius 2 is 1.72 bits per heavy atom. The van der Waals surface area contributed by atoms with E-state index in [-0.39, 0.29) is 22.9 Å². The Balaban J connectivity index is 2.42. The molecule has 0 aliphatic carbocycles. The molecule has 0 atom stereocenters. The van der Waals surface area contributed by atoms with Crippen LogP contribution in [0.15, 0.2) is 27.6 Å². The van der Waals surface area contributed by atoms with E-state index in [0.717, 1.165) is 0 Å². The van der Waals surface area contributed by atoms with Crippen molar-refractivity contribution in [2.75, 3.05) is 26.3 Å². The van der Waals surface area contributed by atoms with Crippen molar-refractivity contribution in [1.82, 2.24) is 9.21 Å². The van der Waals surface area contributed by atoms with Crippen molar-refractivity contribution in [3.05, 3.63) is 28.2 Å². The first-order valence-corrected chi connectivity index (χ1v) is 10.6. The predicted molar refractivity (Wildman–Crippen MR) is 100 cm³/mol. The molecule has 1 aliphatic rings. The molecule has 140 valence electrons. The highest BCUT2D eigenvalue weighted by Crippen LogP contribution is 2.28. The van der Waals surface area contributed by atoms with Gasteiger partial charge < -0.3 is 9.64 Å². The maximum Gasteiger partial charge on any atom is 0.254 e. The number of benzene rings is 1. The minimum atomic E-state index is -3.68. The summed E-state index contributed by atoms with van der Waals surface area (Å²) in [4.78, 5) is 14.7. The average Bonchev–Trinajstić information content (AvgIpc) is 2.55. The quantitative estimate of drug-likeness (QED) is 0.716. The number of sulfonamides is 1. The molecule has 0 aromatic heterocycles. The molecule has 1 heterocycles. The monoisotopic (exact) mass is 432 g/mol. The predicted octanol–water partition coefficient (Wildman–Crippen LogP) is 2.73. The number of hydrogen-bond acceptors (Lipinski definition) is 4. The third kappa shape index (κ3) is 4.42. The van der Waals surface area contributed by atoms with E-state index in [9.17, 15) is 13.2 Å². The number of morpholine rings is 1. The Labute approximate surface area is 158 Å². The first kappa shape index (κ1) is 20.4. The molecule has 1 amide bonds. The number of ether oxygens (including phenoxy) is 1. The van der Waals surface area contributed by atoms with Gasteiger partial charge in [-0.25, -0.2) is 8.42 Å². The third-order valence-electron chi connectivity index (χ3n) is 4.11. The molecular formula is C17H25BrN2O4S. The fourth-order valence-electron chi connectivity index (χ4n) is 2.97. The van der Waals surface area contributed by atoms with Crippen molar-refractivity contribution in [3.8, 4) is 0 Å². The van der Waals surface area contributed by atoms with E-state index in [2.05, 4.69) is 15.9 Å². The smallest absolute Gasteiger partial charge is 0.254 e. The summed E-state index contributed by atoms with van der Waals surface area (Å²) in [6.45, 7) is 9.18. The summed E-state index contributed by atoms with van der Waals surface area (Å²) < 4.78 is 33.0. The number of nitrogens with zero attached hydrogens (tertiary/aromatic N) is 2. The van der Waals surface area contributed by atoms with Gasteiger partial charge in [-0.1, -0.05) is 0 Å². The van der Waals surface area contributed by atoms with E-state index in [1.165, 1.54) is 10.4 Å². The van der Waals surface area contributed by atoms with Crippen LogP contribution in [-0.2, 0) is 14.8 Å². The van der Waals surface area contributed by atoms with Crippen LogP contribution < -0.4 is 0 Å². The van der Waals surface area contributed by atoms with E-state index in [0.29, 0.717) is 36.3 Å². The molecule has 1 aromatic rings. The molecule has 1 saturated heterocycles. The van der Waals surface area contributed by atoms with Gasteiger partial charge in [0.1, 0.15) is 0 Å². The first-order valence-electron chi connectivity index (χ1n) is 8.36.